The molecule has 2 fully saturated rings. The fraction of sp³-hybridized carbons (Fsp3) is 0.400. The number of pyridine rings is 1. The van der Waals surface area contributed by atoms with Crippen LogP contribution in [0, 0.1) is 11.8 Å². The number of rotatable bonds is 7. The number of carboxylic acids is 1. The van der Waals surface area contributed by atoms with Crippen LogP contribution in [0.15, 0.2) is 42.6 Å². The van der Waals surface area contributed by atoms with Crippen LogP contribution >= 0.6 is 11.6 Å². The molecule has 2 aromatic rings. The normalized spacial score (nSPS) is 21.8. The Kier molecular flexibility index (Phi) is 4.38. The van der Waals surface area contributed by atoms with Crippen LogP contribution in [0.25, 0.3) is 0 Å². The van der Waals surface area contributed by atoms with Crippen molar-refractivity contribution in [3.8, 4) is 0 Å². The van der Waals surface area contributed by atoms with Gasteiger partial charge in [-0.3, -0.25) is 9.78 Å². The molecule has 0 saturated heterocycles. The molecule has 2 saturated carbocycles. The van der Waals surface area contributed by atoms with Gasteiger partial charge in [-0.05, 0) is 61.1 Å². The van der Waals surface area contributed by atoms with Gasteiger partial charge in [0.15, 0.2) is 0 Å². The van der Waals surface area contributed by atoms with Crippen LogP contribution < -0.4 is 4.90 Å². The molecule has 0 bridgehead atoms. The zero-order valence-corrected chi connectivity index (χ0v) is 14.7. The molecule has 0 aliphatic heterocycles. The molecular weight excluding hydrogens is 336 g/mol. The molecule has 2 unspecified atom stereocenters. The van der Waals surface area contributed by atoms with Gasteiger partial charge in [0, 0.05) is 41.6 Å². The Morgan fingerprint density at radius 2 is 1.96 bits per heavy atom. The van der Waals surface area contributed by atoms with Crippen LogP contribution in [0.5, 0.6) is 0 Å². The van der Waals surface area contributed by atoms with Gasteiger partial charge in [-0.1, -0.05) is 17.7 Å². The van der Waals surface area contributed by atoms with Gasteiger partial charge in [0.25, 0.3) is 0 Å². The maximum absolute atomic E-state index is 11.0. The second-order valence-electron chi connectivity index (χ2n) is 7.18. The number of halogens is 1. The van der Waals surface area contributed by atoms with Gasteiger partial charge in [0.05, 0.1) is 5.92 Å². The number of benzene rings is 1. The van der Waals surface area contributed by atoms with E-state index in [1.807, 2.05) is 24.4 Å². The maximum atomic E-state index is 11.0. The molecule has 4 nitrogen and oxygen atoms in total. The predicted molar refractivity (Wildman–Crippen MR) is 97.9 cm³/mol. The summed E-state index contributed by atoms with van der Waals surface area (Å²) in [6.07, 6.45) is 5.21. The van der Waals surface area contributed by atoms with Gasteiger partial charge in [-0.15, -0.1) is 0 Å². The molecule has 1 aromatic carbocycles. The van der Waals surface area contributed by atoms with E-state index in [2.05, 4.69) is 28.1 Å². The third-order valence-corrected chi connectivity index (χ3v) is 5.33. The SMILES string of the molecule is O=C(O)C1CC1c1ccc(CN(CC2CC2)c2ccc(Cl)cc2)cn1. The van der Waals surface area contributed by atoms with E-state index >= 15 is 0 Å². The predicted octanol–water partition coefficient (Wildman–Crippen LogP) is 4.34. The molecule has 130 valence electrons. The van der Waals surface area contributed by atoms with E-state index in [0.717, 1.165) is 35.3 Å². The standard InChI is InChI=1S/C20H21ClN2O2/c21-15-4-6-16(7-5-15)23(11-13-1-2-13)12-14-3-8-19(22-10-14)17-9-18(17)20(24)25/h3-8,10,13,17-18H,1-2,9,11-12H2,(H,24,25). The van der Waals surface area contributed by atoms with Gasteiger partial charge in [0.1, 0.15) is 0 Å². The summed E-state index contributed by atoms with van der Waals surface area (Å²) in [4.78, 5) is 17.9. The number of anilines is 1. The van der Waals surface area contributed by atoms with Gasteiger partial charge in [0.2, 0.25) is 0 Å². The lowest BCUT2D eigenvalue weighted by Crippen LogP contribution is -2.25. The maximum Gasteiger partial charge on any atom is 0.307 e. The van der Waals surface area contributed by atoms with E-state index in [1.54, 1.807) is 0 Å². The first kappa shape index (κ1) is 16.4. The van der Waals surface area contributed by atoms with Crippen molar-refractivity contribution >= 4 is 23.3 Å². The monoisotopic (exact) mass is 356 g/mol. The van der Waals surface area contributed by atoms with Gasteiger partial charge in [-0.25, -0.2) is 0 Å². The topological polar surface area (TPSA) is 53.4 Å². The molecule has 2 aliphatic carbocycles. The van der Waals surface area contributed by atoms with Crippen molar-refractivity contribution in [2.75, 3.05) is 11.4 Å². The zero-order chi connectivity index (χ0) is 17.4. The summed E-state index contributed by atoms with van der Waals surface area (Å²) in [5.41, 5.74) is 3.22. The summed E-state index contributed by atoms with van der Waals surface area (Å²) in [5.74, 6) is -0.0934. The van der Waals surface area contributed by atoms with Crippen molar-refractivity contribution in [2.24, 2.45) is 11.8 Å². The van der Waals surface area contributed by atoms with Crippen LogP contribution in [-0.2, 0) is 11.3 Å². The molecule has 2 atom stereocenters. The van der Waals surface area contributed by atoms with E-state index in [9.17, 15) is 4.79 Å². The molecular formula is C20H21ClN2O2. The van der Waals surface area contributed by atoms with Crippen LogP contribution in [0.2, 0.25) is 5.02 Å². The largest absolute Gasteiger partial charge is 0.481 e. The highest BCUT2D eigenvalue weighted by Crippen LogP contribution is 2.46. The molecule has 1 aromatic heterocycles. The minimum Gasteiger partial charge on any atom is -0.481 e. The average molecular weight is 357 g/mol. The Bertz CT molecular complexity index is 756. The Balaban J connectivity index is 1.46. The number of carboxylic acid groups (broad SMARTS) is 1. The number of aromatic nitrogens is 1. The first-order valence-corrected chi connectivity index (χ1v) is 9.16. The fourth-order valence-electron chi connectivity index (χ4n) is 3.29. The molecule has 4 rings (SSSR count). The minimum absolute atomic E-state index is 0.0883. The van der Waals surface area contributed by atoms with Gasteiger partial charge < -0.3 is 10.0 Å². The van der Waals surface area contributed by atoms with E-state index < -0.39 is 5.97 Å². The highest BCUT2D eigenvalue weighted by atomic mass is 35.5. The third kappa shape index (κ3) is 3.96. The van der Waals surface area contributed by atoms with Crippen LogP contribution in [0.1, 0.15) is 36.4 Å². The number of carbonyl (C=O) groups is 1. The van der Waals surface area contributed by atoms with Gasteiger partial charge in [-0.2, -0.15) is 0 Å². The lowest BCUT2D eigenvalue weighted by atomic mass is 10.1. The zero-order valence-electron chi connectivity index (χ0n) is 13.9. The van der Waals surface area contributed by atoms with Crippen molar-refractivity contribution in [3.05, 3.63) is 58.9 Å². The average Bonchev–Trinajstić information content (AvgIpc) is 3.50. The molecule has 0 amide bonds. The Labute approximate surface area is 152 Å². The number of hydrogen-bond donors (Lipinski definition) is 1. The van der Waals surface area contributed by atoms with Crippen molar-refractivity contribution in [1.29, 1.82) is 0 Å². The molecule has 1 heterocycles. The number of nitrogens with zero attached hydrogens (tertiary/aromatic N) is 2. The summed E-state index contributed by atoms with van der Waals surface area (Å²) in [5, 5.41) is 9.80. The second-order valence-corrected chi connectivity index (χ2v) is 7.61. The molecule has 25 heavy (non-hydrogen) atoms. The number of aliphatic carboxylic acids is 1. The minimum atomic E-state index is -0.714. The van der Waals surface area contributed by atoms with Crippen molar-refractivity contribution < 1.29 is 9.90 Å². The highest BCUT2D eigenvalue weighted by molar-refractivity contribution is 6.30. The Morgan fingerprint density at radius 1 is 1.20 bits per heavy atom. The summed E-state index contributed by atoms with van der Waals surface area (Å²) < 4.78 is 0. The Hall–Kier alpha value is -2.07. The Morgan fingerprint density at radius 3 is 2.52 bits per heavy atom. The molecule has 0 spiro atoms. The van der Waals surface area contributed by atoms with Crippen LogP contribution in [-0.4, -0.2) is 22.6 Å². The summed E-state index contributed by atoms with van der Waals surface area (Å²) >= 11 is 6.01. The second kappa shape index (κ2) is 6.68. The summed E-state index contributed by atoms with van der Waals surface area (Å²) in [6.45, 7) is 1.85. The molecule has 2 aliphatic rings. The van der Waals surface area contributed by atoms with Crippen molar-refractivity contribution in [2.45, 2.75) is 31.7 Å². The van der Waals surface area contributed by atoms with Crippen LogP contribution in [0.3, 0.4) is 0 Å². The smallest absolute Gasteiger partial charge is 0.307 e. The molecule has 1 N–H and O–H groups in total. The van der Waals surface area contributed by atoms with E-state index in [0.29, 0.717) is 6.42 Å². The molecule has 0 radical (unpaired) electrons. The lowest BCUT2D eigenvalue weighted by Gasteiger charge is -2.25. The van der Waals surface area contributed by atoms with Crippen molar-refractivity contribution in [1.82, 2.24) is 4.98 Å². The quantitative estimate of drug-likeness (QED) is 0.801. The summed E-state index contributed by atoms with van der Waals surface area (Å²) in [7, 11) is 0. The van der Waals surface area contributed by atoms with E-state index in [1.165, 1.54) is 18.5 Å². The lowest BCUT2D eigenvalue weighted by molar-refractivity contribution is -0.138. The van der Waals surface area contributed by atoms with Crippen LogP contribution in [0.4, 0.5) is 5.69 Å². The van der Waals surface area contributed by atoms with Gasteiger partial charge >= 0.3 is 5.97 Å². The third-order valence-electron chi connectivity index (χ3n) is 5.08. The first-order chi connectivity index (χ1) is 12.1. The molecule has 5 heteroatoms. The first-order valence-electron chi connectivity index (χ1n) is 8.78. The highest BCUT2D eigenvalue weighted by Gasteiger charge is 2.45. The summed E-state index contributed by atoms with van der Waals surface area (Å²) in [6, 6.07) is 12.0. The van der Waals surface area contributed by atoms with E-state index in [-0.39, 0.29) is 11.8 Å². The van der Waals surface area contributed by atoms with Crippen molar-refractivity contribution in [3.63, 3.8) is 0 Å². The number of hydrogen-bond acceptors (Lipinski definition) is 3. The fourth-order valence-corrected chi connectivity index (χ4v) is 3.42. The van der Waals surface area contributed by atoms with E-state index in [4.69, 9.17) is 16.7 Å².